The highest BCUT2D eigenvalue weighted by Gasteiger charge is 2.16. The third kappa shape index (κ3) is 3.79. The highest BCUT2D eigenvalue weighted by atomic mass is 32.1. The molecular formula is C14H17N3OS. The second-order valence-electron chi connectivity index (χ2n) is 4.30. The van der Waals surface area contributed by atoms with E-state index >= 15 is 0 Å². The molecule has 0 aliphatic carbocycles. The summed E-state index contributed by atoms with van der Waals surface area (Å²) in [5.74, 6) is -0.0574. The number of aromatic nitrogens is 1. The fraction of sp³-hybridized carbons (Fsp3) is 0.286. The minimum atomic E-state index is -0.258. The van der Waals surface area contributed by atoms with Crippen molar-refractivity contribution in [3.05, 3.63) is 41.4 Å². The zero-order valence-electron chi connectivity index (χ0n) is 11.0. The zero-order chi connectivity index (χ0) is 13.7. The number of benzene rings is 1. The number of aryl methyl sites for hydroxylation is 1. The molecule has 19 heavy (non-hydrogen) atoms. The first-order valence-electron chi connectivity index (χ1n) is 6.22. The Kier molecular flexibility index (Phi) is 4.52. The quantitative estimate of drug-likeness (QED) is 0.880. The van der Waals surface area contributed by atoms with Crippen LogP contribution in [-0.4, -0.2) is 16.9 Å². The van der Waals surface area contributed by atoms with Crippen molar-refractivity contribution >= 4 is 28.1 Å². The van der Waals surface area contributed by atoms with Gasteiger partial charge in [-0.15, -0.1) is 11.3 Å². The Morgan fingerprint density at radius 1 is 1.37 bits per heavy atom. The molecule has 100 valence electrons. The molecule has 1 heterocycles. The summed E-state index contributed by atoms with van der Waals surface area (Å²) in [6.07, 6.45) is 2.39. The summed E-state index contributed by atoms with van der Waals surface area (Å²) in [5.41, 5.74) is 2.15. The Hall–Kier alpha value is -1.88. The average Bonchev–Trinajstić information content (AvgIpc) is 2.90. The van der Waals surface area contributed by atoms with Gasteiger partial charge in [-0.1, -0.05) is 24.6 Å². The van der Waals surface area contributed by atoms with E-state index in [1.807, 2.05) is 43.5 Å². The van der Waals surface area contributed by atoms with Gasteiger partial charge in [0.05, 0.1) is 0 Å². The molecule has 2 rings (SSSR count). The van der Waals surface area contributed by atoms with E-state index in [2.05, 4.69) is 15.6 Å². The summed E-state index contributed by atoms with van der Waals surface area (Å²) in [7, 11) is 0. The van der Waals surface area contributed by atoms with E-state index < -0.39 is 0 Å². The predicted molar refractivity (Wildman–Crippen MR) is 79.6 cm³/mol. The molecule has 0 aliphatic heterocycles. The number of nitrogens with zero attached hydrogens (tertiary/aromatic N) is 1. The lowest BCUT2D eigenvalue weighted by Gasteiger charge is -2.17. The molecule has 1 aromatic heterocycles. The first-order valence-corrected chi connectivity index (χ1v) is 7.10. The van der Waals surface area contributed by atoms with Crippen LogP contribution < -0.4 is 10.6 Å². The Balaban J connectivity index is 1.99. The van der Waals surface area contributed by atoms with E-state index in [1.54, 1.807) is 6.20 Å². The van der Waals surface area contributed by atoms with Crippen molar-refractivity contribution in [1.29, 1.82) is 0 Å². The number of hydrogen-bond donors (Lipinski definition) is 2. The molecule has 0 bridgehead atoms. The zero-order valence-corrected chi connectivity index (χ0v) is 11.8. The highest BCUT2D eigenvalue weighted by Crippen LogP contribution is 2.14. The van der Waals surface area contributed by atoms with Gasteiger partial charge in [0.1, 0.15) is 6.04 Å². The fourth-order valence-electron chi connectivity index (χ4n) is 1.68. The lowest BCUT2D eigenvalue weighted by molar-refractivity contribution is -0.116. The average molecular weight is 275 g/mol. The molecule has 0 saturated heterocycles. The number of thiazole rings is 1. The summed E-state index contributed by atoms with van der Waals surface area (Å²) in [5, 5.41) is 8.51. The number of carbonyl (C=O) groups excluding carboxylic acids is 1. The van der Waals surface area contributed by atoms with Crippen LogP contribution in [0.5, 0.6) is 0 Å². The van der Waals surface area contributed by atoms with Gasteiger partial charge in [-0.05, 0) is 25.5 Å². The minimum Gasteiger partial charge on any atom is -0.374 e. The van der Waals surface area contributed by atoms with E-state index in [0.29, 0.717) is 11.6 Å². The van der Waals surface area contributed by atoms with E-state index in [1.165, 1.54) is 16.9 Å². The number of hydrogen-bond acceptors (Lipinski definition) is 4. The lowest BCUT2D eigenvalue weighted by atomic mass is 10.1. The molecular weight excluding hydrogens is 258 g/mol. The number of anilines is 2. The monoisotopic (exact) mass is 275 g/mol. The smallest absolute Gasteiger partial charge is 0.248 e. The summed E-state index contributed by atoms with van der Waals surface area (Å²) in [6.45, 7) is 4.02. The van der Waals surface area contributed by atoms with Crippen LogP contribution in [0.3, 0.4) is 0 Å². The molecule has 0 fully saturated rings. The van der Waals surface area contributed by atoms with Gasteiger partial charge in [-0.25, -0.2) is 4.98 Å². The van der Waals surface area contributed by atoms with Crippen molar-refractivity contribution in [2.45, 2.75) is 26.3 Å². The molecule has 2 aromatic rings. The number of carbonyl (C=O) groups is 1. The SMILES string of the molecule is CC[C@@H](Nc1ccc(C)cc1)C(=O)Nc1nccs1. The predicted octanol–water partition coefficient (Wildman–Crippen LogP) is 3.28. The lowest BCUT2D eigenvalue weighted by Crippen LogP contribution is -2.34. The van der Waals surface area contributed by atoms with E-state index in [0.717, 1.165) is 5.69 Å². The molecule has 0 aliphatic rings. The van der Waals surface area contributed by atoms with Crippen molar-refractivity contribution in [2.75, 3.05) is 10.6 Å². The van der Waals surface area contributed by atoms with Gasteiger partial charge >= 0.3 is 0 Å². The molecule has 1 aromatic carbocycles. The number of rotatable bonds is 5. The van der Waals surface area contributed by atoms with Gasteiger partial charge in [-0.2, -0.15) is 0 Å². The molecule has 1 amide bonds. The Morgan fingerprint density at radius 2 is 2.11 bits per heavy atom. The second-order valence-corrected chi connectivity index (χ2v) is 5.19. The van der Waals surface area contributed by atoms with Crippen molar-refractivity contribution in [1.82, 2.24) is 4.98 Å². The molecule has 2 N–H and O–H groups in total. The molecule has 5 heteroatoms. The van der Waals surface area contributed by atoms with E-state index in [9.17, 15) is 4.79 Å². The van der Waals surface area contributed by atoms with Gasteiger partial charge in [0, 0.05) is 17.3 Å². The largest absolute Gasteiger partial charge is 0.374 e. The van der Waals surface area contributed by atoms with Gasteiger partial charge in [0.2, 0.25) is 5.91 Å². The molecule has 0 unspecified atom stereocenters. The van der Waals surface area contributed by atoms with Gasteiger partial charge in [-0.3, -0.25) is 4.79 Å². The van der Waals surface area contributed by atoms with Crippen molar-refractivity contribution < 1.29 is 4.79 Å². The summed E-state index contributed by atoms with van der Waals surface area (Å²) in [4.78, 5) is 16.2. The van der Waals surface area contributed by atoms with Crippen molar-refractivity contribution in [3.63, 3.8) is 0 Å². The van der Waals surface area contributed by atoms with Crippen molar-refractivity contribution in [2.24, 2.45) is 0 Å². The Labute approximate surface area is 116 Å². The molecule has 0 spiro atoms. The van der Waals surface area contributed by atoms with Gasteiger partial charge in [0.15, 0.2) is 5.13 Å². The minimum absolute atomic E-state index is 0.0574. The first-order chi connectivity index (χ1) is 9.19. The third-order valence-electron chi connectivity index (χ3n) is 2.78. The highest BCUT2D eigenvalue weighted by molar-refractivity contribution is 7.13. The molecule has 0 saturated carbocycles. The number of nitrogens with one attached hydrogen (secondary N) is 2. The first kappa shape index (κ1) is 13.5. The maximum Gasteiger partial charge on any atom is 0.248 e. The van der Waals surface area contributed by atoms with Crippen molar-refractivity contribution in [3.8, 4) is 0 Å². The van der Waals surface area contributed by atoms with Crippen LogP contribution in [0, 0.1) is 6.92 Å². The van der Waals surface area contributed by atoms with E-state index in [4.69, 9.17) is 0 Å². The van der Waals surface area contributed by atoms with Crippen LogP contribution >= 0.6 is 11.3 Å². The maximum absolute atomic E-state index is 12.1. The maximum atomic E-state index is 12.1. The summed E-state index contributed by atoms with van der Waals surface area (Å²) < 4.78 is 0. The topological polar surface area (TPSA) is 54.0 Å². The summed E-state index contributed by atoms with van der Waals surface area (Å²) >= 11 is 1.42. The van der Waals surface area contributed by atoms with Gasteiger partial charge < -0.3 is 10.6 Å². The Bertz CT molecular complexity index is 522. The summed E-state index contributed by atoms with van der Waals surface area (Å²) in [6, 6.07) is 7.75. The van der Waals surface area contributed by atoms with Crippen LogP contribution in [0.4, 0.5) is 10.8 Å². The Morgan fingerprint density at radius 3 is 2.68 bits per heavy atom. The standard InChI is InChI=1S/C14H17N3OS/c1-3-12(13(18)17-14-15-8-9-19-14)16-11-6-4-10(2)5-7-11/h4-9,12,16H,3H2,1-2H3,(H,15,17,18)/t12-/m1/s1. The van der Waals surface area contributed by atoms with Crippen LogP contribution in [0.25, 0.3) is 0 Å². The molecule has 1 atom stereocenters. The molecule has 4 nitrogen and oxygen atoms in total. The van der Waals surface area contributed by atoms with Crippen LogP contribution in [-0.2, 0) is 4.79 Å². The third-order valence-corrected chi connectivity index (χ3v) is 3.47. The van der Waals surface area contributed by atoms with Gasteiger partial charge in [0.25, 0.3) is 0 Å². The fourth-order valence-corrected chi connectivity index (χ4v) is 2.21. The van der Waals surface area contributed by atoms with E-state index in [-0.39, 0.29) is 11.9 Å². The number of amides is 1. The van der Waals surface area contributed by atoms with Crippen LogP contribution in [0.15, 0.2) is 35.8 Å². The van der Waals surface area contributed by atoms with Crippen LogP contribution in [0.1, 0.15) is 18.9 Å². The second kappa shape index (κ2) is 6.33. The molecule has 0 radical (unpaired) electrons. The normalized spacial score (nSPS) is 11.9. The van der Waals surface area contributed by atoms with Crippen LogP contribution in [0.2, 0.25) is 0 Å².